The number of aromatic nitrogens is 1. The highest BCUT2D eigenvalue weighted by Gasteiger charge is 2.24. The van der Waals surface area contributed by atoms with Gasteiger partial charge in [0.1, 0.15) is 12.0 Å². The minimum atomic E-state index is -0.443. The van der Waals surface area contributed by atoms with Crippen molar-refractivity contribution in [2.24, 2.45) is 0 Å². The lowest BCUT2D eigenvalue weighted by atomic mass is 10.1. The Bertz CT molecular complexity index is 481. The normalized spacial score (nSPS) is 19.9. The average molecular weight is 316 g/mol. The predicted molar refractivity (Wildman–Crippen MR) is 70.8 cm³/mol. The number of β-amino-alcohol motifs (C(OH)–C–C–N with tert-alkyl or cyclic N) is 1. The van der Waals surface area contributed by atoms with Gasteiger partial charge < -0.3 is 10.0 Å². The van der Waals surface area contributed by atoms with E-state index in [0.717, 1.165) is 19.4 Å². The summed E-state index contributed by atoms with van der Waals surface area (Å²) < 4.78 is 0.630. The molecule has 0 amide bonds. The highest BCUT2D eigenvalue weighted by molar-refractivity contribution is 9.10. The van der Waals surface area contributed by atoms with Gasteiger partial charge in [-0.3, -0.25) is 10.1 Å². The van der Waals surface area contributed by atoms with E-state index in [9.17, 15) is 15.2 Å². The number of anilines is 1. The molecule has 0 spiro atoms. The molecule has 7 heteroatoms. The Hall–Kier alpha value is -1.21. The number of nitro groups is 1. The summed E-state index contributed by atoms with van der Waals surface area (Å²) in [6, 6.07) is 0. The number of pyridine rings is 1. The molecule has 1 aromatic rings. The molecular weight excluding hydrogens is 302 g/mol. The summed E-state index contributed by atoms with van der Waals surface area (Å²) in [5.74, 6) is 0.664. The molecule has 6 nitrogen and oxygen atoms in total. The first-order valence-corrected chi connectivity index (χ1v) is 6.52. The molecule has 1 aromatic heterocycles. The third-order valence-corrected chi connectivity index (χ3v) is 4.06. The fraction of sp³-hybridized carbons (Fsp3) is 0.545. The van der Waals surface area contributed by atoms with E-state index in [1.807, 2.05) is 4.90 Å². The fourth-order valence-corrected chi connectivity index (χ4v) is 2.66. The number of rotatable bonds is 2. The van der Waals surface area contributed by atoms with E-state index in [-0.39, 0.29) is 11.8 Å². The Morgan fingerprint density at radius 3 is 3.00 bits per heavy atom. The molecule has 98 valence electrons. The lowest BCUT2D eigenvalue weighted by molar-refractivity contribution is -0.385. The van der Waals surface area contributed by atoms with E-state index in [0.29, 0.717) is 22.4 Å². The van der Waals surface area contributed by atoms with Gasteiger partial charge in [-0.15, -0.1) is 0 Å². The highest BCUT2D eigenvalue weighted by atomic mass is 79.9. The maximum atomic E-state index is 10.8. The van der Waals surface area contributed by atoms with Gasteiger partial charge >= 0.3 is 0 Å². The Morgan fingerprint density at radius 2 is 2.39 bits per heavy atom. The van der Waals surface area contributed by atoms with Crippen LogP contribution in [0.4, 0.5) is 11.5 Å². The molecule has 2 heterocycles. The first kappa shape index (κ1) is 13.2. The van der Waals surface area contributed by atoms with Crippen LogP contribution in [0.15, 0.2) is 10.7 Å². The largest absolute Gasteiger partial charge is 0.391 e. The van der Waals surface area contributed by atoms with E-state index >= 15 is 0 Å². The number of hydrogen-bond acceptors (Lipinski definition) is 5. The highest BCUT2D eigenvalue weighted by Crippen LogP contribution is 2.33. The van der Waals surface area contributed by atoms with Crippen LogP contribution in [0.1, 0.15) is 18.4 Å². The number of hydrogen-bond donors (Lipinski definition) is 1. The Kier molecular flexibility index (Phi) is 3.82. The molecule has 1 saturated heterocycles. The zero-order valence-electron chi connectivity index (χ0n) is 9.97. The molecule has 1 unspecified atom stereocenters. The minimum Gasteiger partial charge on any atom is -0.391 e. The monoisotopic (exact) mass is 315 g/mol. The van der Waals surface area contributed by atoms with Crippen LogP contribution in [0, 0.1) is 17.0 Å². The van der Waals surface area contributed by atoms with Crippen molar-refractivity contribution in [3.63, 3.8) is 0 Å². The van der Waals surface area contributed by atoms with Gasteiger partial charge in [0.05, 0.1) is 15.5 Å². The Morgan fingerprint density at radius 1 is 1.67 bits per heavy atom. The number of aliphatic hydroxyl groups is 1. The number of halogens is 1. The molecule has 1 aliphatic heterocycles. The molecule has 0 saturated carbocycles. The number of piperidine rings is 1. The lowest BCUT2D eigenvalue weighted by Gasteiger charge is -2.31. The van der Waals surface area contributed by atoms with Crippen LogP contribution < -0.4 is 4.90 Å². The zero-order valence-corrected chi connectivity index (χ0v) is 11.6. The van der Waals surface area contributed by atoms with E-state index in [4.69, 9.17) is 0 Å². The van der Waals surface area contributed by atoms with Crippen molar-refractivity contribution in [2.45, 2.75) is 25.9 Å². The number of aliphatic hydroxyl groups excluding tert-OH is 1. The van der Waals surface area contributed by atoms with Crippen LogP contribution in [0.3, 0.4) is 0 Å². The summed E-state index contributed by atoms with van der Waals surface area (Å²) in [6.07, 6.45) is 2.60. The van der Waals surface area contributed by atoms with Crippen LogP contribution >= 0.6 is 15.9 Å². The average Bonchev–Trinajstić information content (AvgIpc) is 2.32. The van der Waals surface area contributed by atoms with Crippen molar-refractivity contribution in [1.29, 1.82) is 0 Å². The van der Waals surface area contributed by atoms with Crippen molar-refractivity contribution in [3.8, 4) is 0 Å². The molecule has 1 fully saturated rings. The molecule has 1 atom stereocenters. The molecule has 1 N–H and O–H groups in total. The second kappa shape index (κ2) is 5.19. The minimum absolute atomic E-state index is 0.00295. The Labute approximate surface area is 113 Å². The maximum absolute atomic E-state index is 10.8. The molecule has 0 aromatic carbocycles. The third kappa shape index (κ3) is 2.46. The van der Waals surface area contributed by atoms with Gasteiger partial charge in [-0.05, 0) is 35.7 Å². The molecule has 1 aliphatic rings. The summed E-state index contributed by atoms with van der Waals surface area (Å²) in [4.78, 5) is 16.5. The summed E-state index contributed by atoms with van der Waals surface area (Å²) in [7, 11) is 0. The SMILES string of the molecule is Cc1c([N+](=O)[O-])cnc(N2CCCC(O)C2)c1Br. The molecule has 0 bridgehead atoms. The van der Waals surface area contributed by atoms with E-state index in [1.165, 1.54) is 6.20 Å². The summed E-state index contributed by atoms with van der Waals surface area (Å²) in [5, 5.41) is 20.5. The van der Waals surface area contributed by atoms with Crippen molar-refractivity contribution >= 4 is 27.4 Å². The predicted octanol–water partition coefficient (Wildman–Crippen LogP) is 2.02. The van der Waals surface area contributed by atoms with Crippen molar-refractivity contribution in [2.75, 3.05) is 18.0 Å². The second-order valence-corrected chi connectivity index (χ2v) is 5.20. The van der Waals surface area contributed by atoms with E-state index < -0.39 is 4.92 Å². The van der Waals surface area contributed by atoms with Crippen molar-refractivity contribution < 1.29 is 10.0 Å². The van der Waals surface area contributed by atoms with Gasteiger partial charge in [-0.25, -0.2) is 4.98 Å². The van der Waals surface area contributed by atoms with Gasteiger partial charge in [0.2, 0.25) is 0 Å². The molecule has 0 aliphatic carbocycles. The van der Waals surface area contributed by atoms with E-state index in [2.05, 4.69) is 20.9 Å². The van der Waals surface area contributed by atoms with Crippen molar-refractivity contribution in [1.82, 2.24) is 4.98 Å². The van der Waals surface area contributed by atoms with Crippen LogP contribution in [0.25, 0.3) is 0 Å². The van der Waals surface area contributed by atoms with E-state index in [1.54, 1.807) is 6.92 Å². The van der Waals surface area contributed by atoms with Gasteiger partial charge in [0, 0.05) is 18.7 Å². The van der Waals surface area contributed by atoms with Crippen molar-refractivity contribution in [3.05, 3.63) is 26.3 Å². The van der Waals surface area contributed by atoms with Gasteiger partial charge in [-0.1, -0.05) is 0 Å². The third-order valence-electron chi connectivity index (χ3n) is 3.11. The van der Waals surface area contributed by atoms with Crippen LogP contribution in [0.2, 0.25) is 0 Å². The summed E-state index contributed by atoms with van der Waals surface area (Å²) in [6.45, 7) is 3.01. The molecule has 18 heavy (non-hydrogen) atoms. The zero-order chi connectivity index (χ0) is 13.3. The second-order valence-electron chi connectivity index (χ2n) is 4.41. The standard InChI is InChI=1S/C11H14BrN3O3/c1-7-9(15(17)18)5-13-11(10(7)12)14-4-2-3-8(16)6-14/h5,8,16H,2-4,6H2,1H3. The lowest BCUT2D eigenvalue weighted by Crippen LogP contribution is -2.39. The molecule has 0 radical (unpaired) electrons. The first-order chi connectivity index (χ1) is 8.50. The number of nitrogens with zero attached hydrogens (tertiary/aromatic N) is 3. The quantitative estimate of drug-likeness (QED) is 0.667. The Balaban J connectivity index is 2.34. The summed E-state index contributed by atoms with van der Waals surface area (Å²) >= 11 is 3.36. The maximum Gasteiger partial charge on any atom is 0.291 e. The summed E-state index contributed by atoms with van der Waals surface area (Å²) in [5.41, 5.74) is 0.563. The van der Waals surface area contributed by atoms with Gasteiger partial charge in [0.15, 0.2) is 0 Å². The van der Waals surface area contributed by atoms with Crippen LogP contribution in [-0.4, -0.2) is 34.2 Å². The van der Waals surface area contributed by atoms with Crippen LogP contribution in [0.5, 0.6) is 0 Å². The van der Waals surface area contributed by atoms with Gasteiger partial charge in [0.25, 0.3) is 5.69 Å². The molecule has 2 rings (SSSR count). The van der Waals surface area contributed by atoms with Crippen LogP contribution in [-0.2, 0) is 0 Å². The molecular formula is C11H14BrN3O3. The smallest absolute Gasteiger partial charge is 0.291 e. The fourth-order valence-electron chi connectivity index (χ4n) is 2.11. The first-order valence-electron chi connectivity index (χ1n) is 5.73. The topological polar surface area (TPSA) is 79.5 Å². The van der Waals surface area contributed by atoms with Gasteiger partial charge in [-0.2, -0.15) is 0 Å².